The van der Waals surface area contributed by atoms with E-state index in [2.05, 4.69) is 53.5 Å². The van der Waals surface area contributed by atoms with Gasteiger partial charge in [0.05, 0.1) is 0 Å². The molecule has 0 radical (unpaired) electrons. The van der Waals surface area contributed by atoms with Gasteiger partial charge in [0.15, 0.2) is 5.96 Å². The summed E-state index contributed by atoms with van der Waals surface area (Å²) in [4.78, 5) is 7.52. The summed E-state index contributed by atoms with van der Waals surface area (Å²) in [6.45, 7) is 5.78. The second-order valence-corrected chi connectivity index (χ2v) is 4.81. The molecule has 0 fully saturated rings. The number of hydrogen-bond donors (Lipinski definition) is 3. The van der Waals surface area contributed by atoms with Gasteiger partial charge in [-0.25, -0.2) is 0 Å². The number of aromatic amines is 1. The zero-order valence-electron chi connectivity index (χ0n) is 12.1. The predicted octanol–water partition coefficient (Wildman–Crippen LogP) is 2.95. The normalized spacial score (nSPS) is 11.4. The Morgan fingerprint density at radius 3 is 2.95 bits per heavy atom. The van der Waals surface area contributed by atoms with Crippen molar-refractivity contribution in [2.45, 2.75) is 26.7 Å². The summed E-state index contributed by atoms with van der Waals surface area (Å²) in [5.41, 5.74) is 9.54. The van der Waals surface area contributed by atoms with Crippen LogP contribution in [0.15, 0.2) is 29.4 Å². The van der Waals surface area contributed by atoms with E-state index in [1.54, 1.807) is 0 Å². The molecule has 2 aromatic rings. The second kappa shape index (κ2) is 8.14. The molecule has 0 aliphatic heterocycles. The van der Waals surface area contributed by atoms with Crippen LogP contribution < -0.4 is 11.1 Å². The lowest BCUT2D eigenvalue weighted by Crippen LogP contribution is -2.33. The van der Waals surface area contributed by atoms with Gasteiger partial charge in [-0.1, -0.05) is 19.1 Å². The van der Waals surface area contributed by atoms with Crippen molar-refractivity contribution in [2.24, 2.45) is 10.7 Å². The van der Waals surface area contributed by atoms with Gasteiger partial charge in [-0.15, -0.1) is 24.0 Å². The Hall–Kier alpha value is -1.24. The van der Waals surface area contributed by atoms with Crippen LogP contribution in [0.3, 0.4) is 0 Å². The van der Waals surface area contributed by atoms with Crippen molar-refractivity contribution in [3.63, 3.8) is 0 Å². The highest BCUT2D eigenvalue weighted by Crippen LogP contribution is 2.19. The van der Waals surface area contributed by atoms with Crippen LogP contribution in [0, 0.1) is 6.92 Å². The molecule has 0 aliphatic carbocycles. The van der Waals surface area contributed by atoms with Crippen LogP contribution in [-0.4, -0.2) is 24.0 Å². The number of halogens is 1. The fourth-order valence-corrected chi connectivity index (χ4v) is 2.12. The van der Waals surface area contributed by atoms with E-state index in [1.165, 1.54) is 22.0 Å². The molecule has 0 unspecified atom stereocenters. The molecule has 110 valence electrons. The average molecular weight is 386 g/mol. The summed E-state index contributed by atoms with van der Waals surface area (Å²) < 4.78 is 0. The van der Waals surface area contributed by atoms with Gasteiger partial charge in [0.2, 0.25) is 0 Å². The summed E-state index contributed by atoms with van der Waals surface area (Å²) in [5.74, 6) is 0.539. The lowest BCUT2D eigenvalue weighted by molar-refractivity contribution is 0.842. The molecule has 2 rings (SSSR count). The largest absolute Gasteiger partial charge is 0.370 e. The van der Waals surface area contributed by atoms with Crippen LogP contribution in [0.25, 0.3) is 10.9 Å². The number of nitrogens with one attached hydrogen (secondary N) is 2. The maximum Gasteiger partial charge on any atom is 0.188 e. The third-order valence-corrected chi connectivity index (χ3v) is 3.13. The number of guanidine groups is 1. The number of fused-ring (bicyclic) bond motifs is 1. The van der Waals surface area contributed by atoms with E-state index in [0.717, 1.165) is 25.9 Å². The van der Waals surface area contributed by atoms with Gasteiger partial charge in [-0.3, -0.25) is 4.99 Å². The molecular formula is C15H23IN4. The van der Waals surface area contributed by atoms with Gasteiger partial charge < -0.3 is 16.0 Å². The molecule has 1 aromatic heterocycles. The first kappa shape index (κ1) is 16.8. The summed E-state index contributed by atoms with van der Waals surface area (Å²) >= 11 is 0. The molecule has 0 spiro atoms. The number of aliphatic imine (C=N–C) groups is 1. The Bertz CT molecular complexity index is 574. The lowest BCUT2D eigenvalue weighted by atomic mass is 10.1. The van der Waals surface area contributed by atoms with E-state index in [0.29, 0.717) is 5.96 Å². The van der Waals surface area contributed by atoms with Crippen molar-refractivity contribution in [1.82, 2.24) is 10.3 Å². The van der Waals surface area contributed by atoms with Gasteiger partial charge in [-0.05, 0) is 37.0 Å². The average Bonchev–Trinajstić information content (AvgIpc) is 2.79. The molecule has 1 aromatic carbocycles. The minimum atomic E-state index is 0. The van der Waals surface area contributed by atoms with Gasteiger partial charge in [-0.2, -0.15) is 0 Å². The van der Waals surface area contributed by atoms with E-state index >= 15 is 0 Å². The first-order chi connectivity index (χ1) is 9.20. The number of rotatable bonds is 5. The SMILES string of the molecule is CCCN=C(N)NCCc1c[nH]c2cc(C)ccc12.I. The predicted molar refractivity (Wildman–Crippen MR) is 96.9 cm³/mol. The first-order valence-electron chi connectivity index (χ1n) is 6.81. The van der Waals surface area contributed by atoms with Crippen molar-refractivity contribution in [3.8, 4) is 0 Å². The Balaban J connectivity index is 0.00000200. The molecule has 0 saturated heterocycles. The lowest BCUT2D eigenvalue weighted by Gasteiger charge is -2.05. The minimum absolute atomic E-state index is 0. The number of hydrogen-bond acceptors (Lipinski definition) is 1. The molecule has 1 heterocycles. The van der Waals surface area contributed by atoms with Gasteiger partial charge in [0.1, 0.15) is 0 Å². The van der Waals surface area contributed by atoms with Crippen LogP contribution in [0.5, 0.6) is 0 Å². The first-order valence-corrected chi connectivity index (χ1v) is 6.81. The fraction of sp³-hybridized carbons (Fsp3) is 0.400. The van der Waals surface area contributed by atoms with Crippen molar-refractivity contribution in [1.29, 1.82) is 0 Å². The molecule has 0 bridgehead atoms. The zero-order chi connectivity index (χ0) is 13.7. The van der Waals surface area contributed by atoms with E-state index in [9.17, 15) is 0 Å². The van der Waals surface area contributed by atoms with Crippen LogP contribution >= 0.6 is 24.0 Å². The van der Waals surface area contributed by atoms with E-state index in [1.807, 2.05) is 0 Å². The van der Waals surface area contributed by atoms with Gasteiger partial charge in [0.25, 0.3) is 0 Å². The van der Waals surface area contributed by atoms with E-state index in [4.69, 9.17) is 5.73 Å². The molecule has 0 amide bonds. The van der Waals surface area contributed by atoms with E-state index in [-0.39, 0.29) is 24.0 Å². The van der Waals surface area contributed by atoms with Crippen molar-refractivity contribution in [3.05, 3.63) is 35.5 Å². The molecule has 0 aliphatic rings. The molecular weight excluding hydrogens is 363 g/mol. The van der Waals surface area contributed by atoms with Crippen LogP contribution in [0.4, 0.5) is 0 Å². The molecule has 4 N–H and O–H groups in total. The number of aromatic nitrogens is 1. The second-order valence-electron chi connectivity index (χ2n) is 4.81. The zero-order valence-corrected chi connectivity index (χ0v) is 14.4. The maximum absolute atomic E-state index is 5.76. The van der Waals surface area contributed by atoms with Crippen LogP contribution in [0.2, 0.25) is 0 Å². The Labute approximate surface area is 137 Å². The number of H-pyrrole nitrogens is 1. The third-order valence-electron chi connectivity index (χ3n) is 3.13. The van der Waals surface area contributed by atoms with Gasteiger partial charge >= 0.3 is 0 Å². The minimum Gasteiger partial charge on any atom is -0.370 e. The monoisotopic (exact) mass is 386 g/mol. The van der Waals surface area contributed by atoms with Crippen molar-refractivity contribution >= 4 is 40.8 Å². The summed E-state index contributed by atoms with van der Waals surface area (Å²) in [5, 5.41) is 4.43. The maximum atomic E-state index is 5.76. The number of aryl methyl sites for hydroxylation is 1. The number of benzene rings is 1. The summed E-state index contributed by atoms with van der Waals surface area (Å²) in [7, 11) is 0. The van der Waals surface area contributed by atoms with E-state index < -0.39 is 0 Å². The summed E-state index contributed by atoms with van der Waals surface area (Å²) in [6.07, 6.45) is 4.03. The van der Waals surface area contributed by atoms with Crippen LogP contribution in [-0.2, 0) is 6.42 Å². The molecule has 4 nitrogen and oxygen atoms in total. The summed E-state index contributed by atoms with van der Waals surface area (Å²) in [6, 6.07) is 6.48. The van der Waals surface area contributed by atoms with Crippen LogP contribution in [0.1, 0.15) is 24.5 Å². The highest BCUT2D eigenvalue weighted by Gasteiger charge is 2.03. The molecule has 0 atom stereocenters. The van der Waals surface area contributed by atoms with Crippen molar-refractivity contribution in [2.75, 3.05) is 13.1 Å². The number of nitrogens with two attached hydrogens (primary N) is 1. The van der Waals surface area contributed by atoms with Crippen molar-refractivity contribution < 1.29 is 0 Å². The Morgan fingerprint density at radius 1 is 1.40 bits per heavy atom. The smallest absolute Gasteiger partial charge is 0.188 e. The Morgan fingerprint density at radius 2 is 2.20 bits per heavy atom. The Kier molecular flexibility index (Phi) is 6.84. The molecule has 5 heteroatoms. The quantitative estimate of drug-likeness (QED) is 0.420. The topological polar surface area (TPSA) is 66.2 Å². The molecule has 0 saturated carbocycles. The molecule has 20 heavy (non-hydrogen) atoms. The fourth-order valence-electron chi connectivity index (χ4n) is 2.12. The highest BCUT2D eigenvalue weighted by atomic mass is 127. The standard InChI is InChI=1S/C15H22N4.HI/c1-3-7-17-15(16)18-8-6-12-10-19-14-9-11(2)4-5-13(12)14;/h4-5,9-10,19H,3,6-8H2,1-2H3,(H3,16,17,18);1H. The highest BCUT2D eigenvalue weighted by molar-refractivity contribution is 14.0. The number of nitrogens with zero attached hydrogens (tertiary/aromatic N) is 1. The van der Waals surface area contributed by atoms with Gasteiger partial charge in [0, 0.05) is 30.2 Å². The third kappa shape index (κ3) is 4.40.